The van der Waals surface area contributed by atoms with Gasteiger partial charge in [0.15, 0.2) is 0 Å². The van der Waals surface area contributed by atoms with Gasteiger partial charge in [-0.25, -0.2) is 4.98 Å². The number of hydrogen-bond acceptors (Lipinski definition) is 6. The standard InChI is InChI=1S/C34H37ClN4O4/c1-21(2)39-20-36-28-18-24(9-13-30(28)39)22-5-7-23(8-6-22)33(41)34(42)37-29(19-38-15-3-4-16-38)32(40)25-10-14-31(27(35)17-25)43-26-11-12-26/h5-10,13-14,17-18,20-21,26,29,32,40H,3-4,11-12,15-16,19H2,1-2H3,(H,37,42). The second kappa shape index (κ2) is 12.5. The number of rotatable bonds is 11. The smallest absolute Gasteiger partial charge is 0.292 e. The molecule has 2 unspecified atom stereocenters. The summed E-state index contributed by atoms with van der Waals surface area (Å²) in [5.41, 5.74) is 4.71. The minimum absolute atomic E-state index is 0.203. The van der Waals surface area contributed by atoms with Crippen molar-refractivity contribution >= 4 is 34.3 Å². The highest BCUT2D eigenvalue weighted by Crippen LogP contribution is 2.34. The first-order chi connectivity index (χ1) is 20.8. The zero-order valence-electron chi connectivity index (χ0n) is 24.5. The minimum Gasteiger partial charge on any atom is -0.489 e. The number of amides is 1. The molecule has 2 fully saturated rings. The number of aliphatic hydroxyl groups excluding tert-OH is 1. The summed E-state index contributed by atoms with van der Waals surface area (Å²) in [6, 6.07) is 17.9. The maximum Gasteiger partial charge on any atom is 0.292 e. The van der Waals surface area contributed by atoms with Crippen molar-refractivity contribution in [3.05, 3.63) is 83.1 Å². The second-order valence-electron chi connectivity index (χ2n) is 11.9. The molecule has 0 spiro atoms. The van der Waals surface area contributed by atoms with E-state index in [1.807, 2.05) is 30.6 Å². The SMILES string of the molecule is CC(C)n1cnc2cc(-c3ccc(C(=O)C(=O)NC(CN4CCCC4)C(O)c4ccc(OC5CC5)c(Cl)c4)cc3)ccc21. The van der Waals surface area contributed by atoms with E-state index in [2.05, 4.69) is 39.7 Å². The Balaban J connectivity index is 1.16. The van der Waals surface area contributed by atoms with Crippen molar-refractivity contribution in [2.24, 2.45) is 0 Å². The number of aliphatic hydroxyl groups is 1. The number of fused-ring (bicyclic) bond motifs is 1. The molecule has 3 aromatic carbocycles. The summed E-state index contributed by atoms with van der Waals surface area (Å²) in [5.74, 6) is -0.817. The van der Waals surface area contributed by atoms with Gasteiger partial charge in [-0.3, -0.25) is 9.59 Å². The van der Waals surface area contributed by atoms with Gasteiger partial charge >= 0.3 is 0 Å². The Morgan fingerprint density at radius 2 is 1.74 bits per heavy atom. The number of carbonyl (C=O) groups is 2. The number of aromatic nitrogens is 2. The van der Waals surface area contributed by atoms with Crippen molar-refractivity contribution in [2.75, 3.05) is 19.6 Å². The quantitative estimate of drug-likeness (QED) is 0.162. The van der Waals surface area contributed by atoms with Gasteiger partial charge in [-0.15, -0.1) is 0 Å². The third-order valence-corrected chi connectivity index (χ3v) is 8.58. The summed E-state index contributed by atoms with van der Waals surface area (Å²) in [7, 11) is 0. The number of likely N-dealkylation sites (tertiary alicyclic amines) is 1. The zero-order valence-corrected chi connectivity index (χ0v) is 25.3. The fourth-order valence-corrected chi connectivity index (χ4v) is 5.90. The van der Waals surface area contributed by atoms with Gasteiger partial charge in [0.2, 0.25) is 5.78 Å². The van der Waals surface area contributed by atoms with E-state index < -0.39 is 23.8 Å². The lowest BCUT2D eigenvalue weighted by Gasteiger charge is -2.28. The normalized spacial score (nSPS) is 16.9. The fourth-order valence-electron chi connectivity index (χ4n) is 5.66. The van der Waals surface area contributed by atoms with Gasteiger partial charge in [0.05, 0.1) is 34.5 Å². The molecule has 224 valence electrons. The first-order valence-electron chi connectivity index (χ1n) is 15.1. The number of carbonyl (C=O) groups excluding carboxylic acids is 2. The predicted molar refractivity (Wildman–Crippen MR) is 168 cm³/mol. The number of nitrogens with one attached hydrogen (secondary N) is 1. The van der Waals surface area contributed by atoms with Crippen LogP contribution >= 0.6 is 11.6 Å². The van der Waals surface area contributed by atoms with Crippen molar-refractivity contribution in [3.63, 3.8) is 0 Å². The van der Waals surface area contributed by atoms with Crippen molar-refractivity contribution in [3.8, 4) is 16.9 Å². The molecule has 1 saturated carbocycles. The van der Waals surface area contributed by atoms with Gasteiger partial charge in [0.25, 0.3) is 5.91 Å². The molecule has 1 saturated heterocycles. The molecule has 1 aliphatic heterocycles. The van der Waals surface area contributed by atoms with Gasteiger partial charge in [0, 0.05) is 18.2 Å². The highest BCUT2D eigenvalue weighted by Gasteiger charge is 2.30. The molecule has 9 heteroatoms. The number of ether oxygens (including phenoxy) is 1. The maximum atomic E-state index is 13.2. The van der Waals surface area contributed by atoms with Crippen molar-refractivity contribution in [1.82, 2.24) is 19.8 Å². The molecule has 2 atom stereocenters. The van der Waals surface area contributed by atoms with E-state index in [1.54, 1.807) is 30.3 Å². The van der Waals surface area contributed by atoms with Crippen molar-refractivity contribution in [2.45, 2.75) is 63.8 Å². The topological polar surface area (TPSA) is 96.7 Å². The summed E-state index contributed by atoms with van der Waals surface area (Å²) >= 11 is 6.46. The van der Waals surface area contributed by atoms with Crippen LogP contribution in [0.15, 0.2) is 67.0 Å². The predicted octanol–water partition coefficient (Wildman–Crippen LogP) is 5.98. The average molecular weight is 601 g/mol. The number of Topliss-reactive ketones (excluding diaryl/α,β-unsaturated/α-hetero) is 1. The number of benzene rings is 3. The fraction of sp³-hybridized carbons (Fsp3) is 0.382. The van der Waals surface area contributed by atoms with Gasteiger partial charge < -0.3 is 24.6 Å². The molecule has 0 bridgehead atoms. The molecule has 4 aromatic rings. The van der Waals surface area contributed by atoms with Gasteiger partial charge in [-0.05, 0) is 93.6 Å². The van der Waals surface area contributed by atoms with Gasteiger partial charge in [-0.1, -0.05) is 48.0 Å². The minimum atomic E-state index is -1.05. The number of hydrogen-bond donors (Lipinski definition) is 2. The summed E-state index contributed by atoms with van der Waals surface area (Å²) < 4.78 is 7.95. The highest BCUT2D eigenvalue weighted by atomic mass is 35.5. The number of nitrogens with zero attached hydrogens (tertiary/aromatic N) is 3. The Labute approximate surface area is 256 Å². The van der Waals surface area contributed by atoms with E-state index in [-0.39, 0.29) is 11.7 Å². The summed E-state index contributed by atoms with van der Waals surface area (Å²) in [6.45, 7) is 6.43. The van der Waals surface area contributed by atoms with Crippen LogP contribution in [0.5, 0.6) is 5.75 Å². The monoisotopic (exact) mass is 600 g/mol. The number of ketones is 1. The lowest BCUT2D eigenvalue weighted by molar-refractivity contribution is -0.118. The Bertz CT molecular complexity index is 1620. The maximum absolute atomic E-state index is 13.2. The van der Waals surface area contributed by atoms with Gasteiger partial charge in [-0.2, -0.15) is 0 Å². The lowest BCUT2D eigenvalue weighted by atomic mass is 9.99. The molecule has 1 aromatic heterocycles. The van der Waals surface area contributed by atoms with Crippen LogP contribution in [0.1, 0.15) is 67.6 Å². The molecule has 1 aliphatic carbocycles. The molecule has 2 aliphatic rings. The Kier molecular flexibility index (Phi) is 8.52. The Morgan fingerprint density at radius 1 is 1.02 bits per heavy atom. The first-order valence-corrected chi connectivity index (χ1v) is 15.4. The first kappa shape index (κ1) is 29.4. The van der Waals surface area contributed by atoms with E-state index in [0.717, 1.165) is 60.9 Å². The van der Waals surface area contributed by atoms with Crippen LogP contribution < -0.4 is 10.1 Å². The van der Waals surface area contributed by atoms with E-state index in [4.69, 9.17) is 16.3 Å². The second-order valence-corrected chi connectivity index (χ2v) is 12.3. The zero-order chi connectivity index (χ0) is 30.1. The molecule has 8 nitrogen and oxygen atoms in total. The molecular weight excluding hydrogens is 564 g/mol. The lowest BCUT2D eigenvalue weighted by Crippen LogP contribution is -2.48. The van der Waals surface area contributed by atoms with Crippen LogP contribution in [0.25, 0.3) is 22.2 Å². The molecular formula is C34H37ClN4O4. The summed E-state index contributed by atoms with van der Waals surface area (Å²) in [6.07, 6.45) is 5.15. The molecule has 2 heterocycles. The molecule has 1 amide bonds. The van der Waals surface area contributed by atoms with Crippen LogP contribution in [-0.2, 0) is 4.79 Å². The average Bonchev–Trinajstić information content (AvgIpc) is 3.48. The molecule has 43 heavy (non-hydrogen) atoms. The number of imidazole rings is 1. The Hall–Kier alpha value is -3.72. The molecule has 2 N–H and O–H groups in total. The molecule has 0 radical (unpaired) electrons. The highest BCUT2D eigenvalue weighted by molar-refractivity contribution is 6.42. The van der Waals surface area contributed by atoms with Crippen LogP contribution in [0.4, 0.5) is 0 Å². The van der Waals surface area contributed by atoms with E-state index >= 15 is 0 Å². The number of halogens is 1. The summed E-state index contributed by atoms with van der Waals surface area (Å²) in [5, 5.41) is 14.6. The van der Waals surface area contributed by atoms with E-state index in [9.17, 15) is 14.7 Å². The largest absolute Gasteiger partial charge is 0.489 e. The molecule has 6 rings (SSSR count). The van der Waals surface area contributed by atoms with E-state index in [0.29, 0.717) is 28.9 Å². The Morgan fingerprint density at radius 3 is 2.42 bits per heavy atom. The van der Waals surface area contributed by atoms with Crippen molar-refractivity contribution in [1.29, 1.82) is 0 Å². The van der Waals surface area contributed by atoms with Crippen LogP contribution in [0.3, 0.4) is 0 Å². The van der Waals surface area contributed by atoms with Crippen LogP contribution in [0, 0.1) is 0 Å². The summed E-state index contributed by atoms with van der Waals surface area (Å²) in [4.78, 5) is 33.2. The third-order valence-electron chi connectivity index (χ3n) is 8.28. The van der Waals surface area contributed by atoms with E-state index in [1.165, 1.54) is 0 Å². The van der Waals surface area contributed by atoms with Crippen molar-refractivity contribution < 1.29 is 19.4 Å². The third kappa shape index (κ3) is 6.61. The van der Waals surface area contributed by atoms with Crippen LogP contribution in [0.2, 0.25) is 5.02 Å². The van der Waals surface area contributed by atoms with Crippen LogP contribution in [-0.4, -0.2) is 63.0 Å². The van der Waals surface area contributed by atoms with Gasteiger partial charge in [0.1, 0.15) is 11.9 Å².